The number of hydrogen-bond acceptors (Lipinski definition) is 7. The van der Waals surface area contributed by atoms with Crippen molar-refractivity contribution in [3.63, 3.8) is 0 Å². The first-order valence-corrected chi connectivity index (χ1v) is 11.6. The number of rotatable bonds is 6. The lowest BCUT2D eigenvalue weighted by atomic mass is 10.0. The van der Waals surface area contributed by atoms with Crippen LogP contribution in [-0.4, -0.2) is 32.5 Å². The third-order valence-corrected chi connectivity index (χ3v) is 6.50. The summed E-state index contributed by atoms with van der Waals surface area (Å²) in [5.74, 6) is -1.70. The molecule has 1 aliphatic rings. The van der Waals surface area contributed by atoms with E-state index in [-0.39, 0.29) is 17.9 Å². The van der Waals surface area contributed by atoms with Gasteiger partial charge in [-0.05, 0) is 36.5 Å². The van der Waals surface area contributed by atoms with Gasteiger partial charge in [0.1, 0.15) is 11.4 Å². The van der Waals surface area contributed by atoms with Gasteiger partial charge in [0.25, 0.3) is 5.56 Å². The monoisotopic (exact) mass is 484 g/mol. The highest BCUT2D eigenvalue weighted by atomic mass is 16.5. The highest BCUT2D eigenvalue weighted by Crippen LogP contribution is 2.30. The maximum Gasteiger partial charge on any atom is 0.339 e. The first kappa shape index (κ1) is 23.2. The van der Waals surface area contributed by atoms with E-state index < -0.39 is 29.6 Å². The quantitative estimate of drug-likeness (QED) is 0.329. The number of nitrogens with two attached hydrogens (primary N) is 1. The van der Waals surface area contributed by atoms with E-state index in [4.69, 9.17) is 10.5 Å². The average molecular weight is 485 g/mol. The molecule has 36 heavy (non-hydrogen) atoms. The minimum absolute atomic E-state index is 0.0782. The second-order valence-corrected chi connectivity index (χ2v) is 8.76. The van der Waals surface area contributed by atoms with Crippen LogP contribution in [0.4, 0.5) is 5.82 Å². The smallest absolute Gasteiger partial charge is 0.339 e. The number of aromatic nitrogens is 3. The van der Waals surface area contributed by atoms with Crippen molar-refractivity contribution in [3.05, 3.63) is 103 Å². The summed E-state index contributed by atoms with van der Waals surface area (Å²) >= 11 is 0. The van der Waals surface area contributed by atoms with Crippen LogP contribution in [0.2, 0.25) is 0 Å². The maximum atomic E-state index is 13.2. The molecule has 0 aliphatic heterocycles. The molecule has 182 valence electrons. The summed E-state index contributed by atoms with van der Waals surface area (Å²) in [6, 6.07) is 16.3. The number of pyridine rings is 1. The lowest BCUT2D eigenvalue weighted by Gasteiger charge is -2.15. The van der Waals surface area contributed by atoms with Gasteiger partial charge in [-0.15, -0.1) is 0 Å². The van der Waals surface area contributed by atoms with Gasteiger partial charge in [0.05, 0.1) is 17.6 Å². The predicted molar refractivity (Wildman–Crippen MR) is 134 cm³/mol. The van der Waals surface area contributed by atoms with Gasteiger partial charge in [-0.3, -0.25) is 23.7 Å². The van der Waals surface area contributed by atoms with Gasteiger partial charge >= 0.3 is 11.7 Å². The zero-order valence-corrected chi connectivity index (χ0v) is 19.7. The van der Waals surface area contributed by atoms with Gasteiger partial charge in [-0.1, -0.05) is 48.5 Å². The number of nitrogen functional groups attached to an aromatic ring is 1. The molecule has 0 saturated heterocycles. The van der Waals surface area contributed by atoms with Crippen LogP contribution in [0.3, 0.4) is 0 Å². The number of anilines is 1. The molecule has 0 unspecified atom stereocenters. The van der Waals surface area contributed by atoms with Gasteiger partial charge < -0.3 is 10.5 Å². The van der Waals surface area contributed by atoms with Gasteiger partial charge in [0.2, 0.25) is 5.78 Å². The molecule has 1 aliphatic carbocycles. The summed E-state index contributed by atoms with van der Waals surface area (Å²) in [6.45, 7) is -0.609. The number of ketones is 1. The standard InChI is InChI=1S/C27H24N4O5/c1-30-25(33)23(24(28)31(27(30)35)14-16-8-3-2-4-9-16)21(32)15-36-26(34)22-17-10-5-6-12-19(17)29-20-13-7-11-18(20)22/h2-6,8-10,12H,7,11,13-15,28H2,1H3. The molecule has 0 amide bonds. The van der Waals surface area contributed by atoms with Crippen molar-refractivity contribution in [3.8, 4) is 0 Å². The lowest BCUT2D eigenvalue weighted by molar-refractivity contribution is 0.0475. The Morgan fingerprint density at radius 2 is 1.72 bits per heavy atom. The summed E-state index contributed by atoms with van der Waals surface area (Å²) in [6.07, 6.45) is 2.35. The SMILES string of the molecule is Cn1c(=O)c(C(=O)COC(=O)c2c3c(nc4ccccc24)CCC3)c(N)n(Cc2ccccc2)c1=O. The summed E-state index contributed by atoms with van der Waals surface area (Å²) < 4.78 is 7.40. The van der Waals surface area contributed by atoms with E-state index in [1.165, 1.54) is 7.05 Å². The van der Waals surface area contributed by atoms with Crippen LogP contribution in [0.15, 0.2) is 64.2 Å². The summed E-state index contributed by atoms with van der Waals surface area (Å²) in [7, 11) is 1.28. The van der Waals surface area contributed by atoms with E-state index in [0.717, 1.165) is 38.8 Å². The second-order valence-electron chi connectivity index (χ2n) is 8.76. The van der Waals surface area contributed by atoms with Crippen LogP contribution in [0, 0.1) is 0 Å². The molecular formula is C27H24N4O5. The van der Waals surface area contributed by atoms with E-state index in [2.05, 4.69) is 4.98 Å². The van der Waals surface area contributed by atoms with Crippen molar-refractivity contribution in [2.45, 2.75) is 25.8 Å². The van der Waals surface area contributed by atoms with Crippen LogP contribution in [0.1, 0.15) is 44.0 Å². The van der Waals surface area contributed by atoms with E-state index >= 15 is 0 Å². The van der Waals surface area contributed by atoms with Gasteiger partial charge in [-0.2, -0.15) is 0 Å². The third kappa shape index (κ3) is 3.98. The van der Waals surface area contributed by atoms with Crippen LogP contribution >= 0.6 is 0 Å². The third-order valence-electron chi connectivity index (χ3n) is 6.50. The molecule has 0 spiro atoms. The van der Waals surface area contributed by atoms with Crippen LogP contribution in [0.25, 0.3) is 10.9 Å². The summed E-state index contributed by atoms with van der Waals surface area (Å²) in [4.78, 5) is 56.4. The zero-order valence-electron chi connectivity index (χ0n) is 19.7. The van der Waals surface area contributed by atoms with E-state index in [9.17, 15) is 19.2 Å². The minimum Gasteiger partial charge on any atom is -0.454 e. The lowest BCUT2D eigenvalue weighted by Crippen LogP contribution is -2.43. The van der Waals surface area contributed by atoms with Crippen molar-refractivity contribution < 1.29 is 14.3 Å². The van der Waals surface area contributed by atoms with Crippen molar-refractivity contribution in [2.75, 3.05) is 12.3 Å². The molecule has 0 saturated carbocycles. The highest BCUT2D eigenvalue weighted by molar-refractivity contribution is 6.07. The number of hydrogen-bond donors (Lipinski definition) is 1. The van der Waals surface area contributed by atoms with Crippen LogP contribution in [0.5, 0.6) is 0 Å². The van der Waals surface area contributed by atoms with Gasteiger partial charge in [-0.25, -0.2) is 9.59 Å². The van der Waals surface area contributed by atoms with Crippen molar-refractivity contribution in [1.82, 2.24) is 14.1 Å². The van der Waals surface area contributed by atoms with E-state index in [1.807, 2.05) is 36.4 Å². The Kier molecular flexibility index (Phi) is 5.97. The highest BCUT2D eigenvalue weighted by Gasteiger charge is 2.27. The fourth-order valence-electron chi connectivity index (χ4n) is 4.68. The zero-order chi connectivity index (χ0) is 25.4. The summed E-state index contributed by atoms with van der Waals surface area (Å²) in [5, 5.41) is 0.655. The molecule has 9 nitrogen and oxygen atoms in total. The molecule has 2 aromatic heterocycles. The number of Topliss-reactive ketones (excluding diaryl/α,β-unsaturated/α-hetero) is 1. The molecule has 0 radical (unpaired) electrons. The van der Waals surface area contributed by atoms with Gasteiger partial charge in [0, 0.05) is 18.1 Å². The molecule has 2 N–H and O–H groups in total. The number of carbonyl (C=O) groups is 2. The Labute approximate surface area is 205 Å². The first-order chi connectivity index (χ1) is 17.4. The number of aryl methyl sites for hydroxylation is 1. The van der Waals surface area contributed by atoms with Gasteiger partial charge in [0.15, 0.2) is 6.61 Å². The molecule has 9 heteroatoms. The molecule has 0 bridgehead atoms. The van der Waals surface area contributed by atoms with Crippen LogP contribution in [-0.2, 0) is 31.2 Å². The maximum absolute atomic E-state index is 13.2. The molecule has 2 aromatic carbocycles. The fraction of sp³-hybridized carbons (Fsp3) is 0.222. The van der Waals surface area contributed by atoms with E-state index in [1.54, 1.807) is 18.2 Å². The Bertz CT molecular complexity index is 1640. The van der Waals surface area contributed by atoms with Crippen molar-refractivity contribution in [1.29, 1.82) is 0 Å². The first-order valence-electron chi connectivity index (χ1n) is 11.6. The normalized spacial score (nSPS) is 12.5. The Hall–Kier alpha value is -4.53. The molecule has 5 rings (SSSR count). The van der Waals surface area contributed by atoms with Crippen molar-refractivity contribution in [2.24, 2.45) is 7.05 Å². The average Bonchev–Trinajstić information content (AvgIpc) is 3.36. The summed E-state index contributed by atoms with van der Waals surface area (Å²) in [5.41, 5.74) is 7.83. The number of para-hydroxylation sites is 1. The second kappa shape index (κ2) is 9.26. The number of esters is 1. The Morgan fingerprint density at radius 3 is 2.50 bits per heavy atom. The largest absolute Gasteiger partial charge is 0.454 e. The molecule has 0 atom stereocenters. The Balaban J connectivity index is 1.46. The fourth-order valence-corrected chi connectivity index (χ4v) is 4.68. The molecule has 0 fully saturated rings. The topological polar surface area (TPSA) is 126 Å². The van der Waals surface area contributed by atoms with Crippen molar-refractivity contribution >= 4 is 28.5 Å². The minimum atomic E-state index is -0.835. The molecule has 2 heterocycles. The van der Waals surface area contributed by atoms with Crippen LogP contribution < -0.4 is 17.0 Å². The molecular weight excluding hydrogens is 460 g/mol. The number of benzene rings is 2. The predicted octanol–water partition coefficient (Wildman–Crippen LogP) is 2.25. The Morgan fingerprint density at radius 1 is 1.00 bits per heavy atom. The molecule has 4 aromatic rings. The number of ether oxygens (including phenoxy) is 1. The van der Waals surface area contributed by atoms with E-state index in [0.29, 0.717) is 22.9 Å². The number of carbonyl (C=O) groups excluding carboxylic acids is 2. The number of fused-ring (bicyclic) bond motifs is 2. The number of nitrogens with zero attached hydrogens (tertiary/aromatic N) is 3.